The number of hydrogen-bond donors (Lipinski definition) is 1. The van der Waals surface area contributed by atoms with Gasteiger partial charge in [-0.15, -0.1) is 0 Å². The lowest BCUT2D eigenvalue weighted by molar-refractivity contribution is -0.117. The second-order valence-electron chi connectivity index (χ2n) is 7.82. The van der Waals surface area contributed by atoms with Crippen LogP contribution in [0.15, 0.2) is 54.7 Å². The summed E-state index contributed by atoms with van der Waals surface area (Å²) < 4.78 is 5.31. The molecular weight excluding hydrogens is 406 g/mol. The molecule has 1 saturated heterocycles. The summed E-state index contributed by atoms with van der Waals surface area (Å²) in [5.74, 6) is 0.440. The van der Waals surface area contributed by atoms with Crippen molar-refractivity contribution >= 4 is 29.1 Å². The minimum atomic E-state index is 0.000957. The van der Waals surface area contributed by atoms with Crippen molar-refractivity contribution in [2.75, 3.05) is 43.6 Å². The number of carbonyl (C=O) groups excluding carboxylic acids is 2. The molecule has 2 aromatic carbocycles. The molecule has 0 spiro atoms. The van der Waals surface area contributed by atoms with E-state index in [2.05, 4.69) is 10.3 Å². The Morgan fingerprint density at radius 2 is 1.81 bits per heavy atom. The molecular formula is C24H23N5O3. The molecule has 8 nitrogen and oxygen atoms in total. The van der Waals surface area contributed by atoms with Gasteiger partial charge in [0.05, 0.1) is 31.0 Å². The van der Waals surface area contributed by atoms with Crippen LogP contribution in [0.4, 0.5) is 17.3 Å². The van der Waals surface area contributed by atoms with Gasteiger partial charge in [-0.3, -0.25) is 9.59 Å². The zero-order valence-corrected chi connectivity index (χ0v) is 17.7. The molecule has 0 radical (unpaired) electrons. The first-order chi connectivity index (χ1) is 15.6. The highest BCUT2D eigenvalue weighted by Gasteiger charge is 2.25. The number of benzene rings is 2. The summed E-state index contributed by atoms with van der Waals surface area (Å²) in [5.41, 5.74) is 4.67. The number of carbonyl (C=O) groups is 2. The van der Waals surface area contributed by atoms with Gasteiger partial charge in [0.2, 0.25) is 11.9 Å². The Bertz CT molecular complexity index is 1170. The number of ether oxygens (including phenoxy) is 1. The van der Waals surface area contributed by atoms with Gasteiger partial charge in [-0.1, -0.05) is 18.2 Å². The van der Waals surface area contributed by atoms with E-state index in [1.165, 1.54) is 0 Å². The number of fused-ring (bicyclic) bond motifs is 3. The number of aromatic nitrogens is 2. The molecule has 0 bridgehead atoms. The summed E-state index contributed by atoms with van der Waals surface area (Å²) in [5, 5.41) is 3.21. The lowest BCUT2D eigenvalue weighted by atomic mass is 10.1. The average molecular weight is 429 g/mol. The molecule has 3 aromatic rings. The molecule has 162 valence electrons. The largest absolute Gasteiger partial charge is 0.378 e. The van der Waals surface area contributed by atoms with Crippen LogP contribution in [0.1, 0.15) is 15.9 Å². The van der Waals surface area contributed by atoms with Crippen molar-refractivity contribution in [2.45, 2.75) is 6.42 Å². The molecule has 0 atom stereocenters. The van der Waals surface area contributed by atoms with Crippen molar-refractivity contribution in [1.29, 1.82) is 0 Å². The van der Waals surface area contributed by atoms with Crippen molar-refractivity contribution in [1.82, 2.24) is 14.9 Å². The molecule has 5 rings (SSSR count). The molecule has 8 heteroatoms. The number of hydrogen-bond acceptors (Lipinski definition) is 6. The molecule has 2 amide bonds. The van der Waals surface area contributed by atoms with Crippen LogP contribution in [0.3, 0.4) is 0 Å². The van der Waals surface area contributed by atoms with E-state index in [0.717, 1.165) is 28.2 Å². The molecule has 1 aromatic heterocycles. The van der Waals surface area contributed by atoms with E-state index in [1.54, 1.807) is 35.2 Å². The molecule has 1 fully saturated rings. The van der Waals surface area contributed by atoms with Gasteiger partial charge in [0.15, 0.2) is 0 Å². The van der Waals surface area contributed by atoms with Gasteiger partial charge in [-0.25, -0.2) is 9.97 Å². The summed E-state index contributed by atoms with van der Waals surface area (Å²) in [6, 6.07) is 15.0. The summed E-state index contributed by atoms with van der Waals surface area (Å²) in [6.45, 7) is 2.37. The molecule has 2 aliphatic heterocycles. The third-order valence-electron chi connectivity index (χ3n) is 5.79. The van der Waals surface area contributed by atoms with Crippen LogP contribution in [0.2, 0.25) is 0 Å². The number of nitrogens with zero attached hydrogens (tertiary/aromatic N) is 4. The highest BCUT2D eigenvalue weighted by molar-refractivity contribution is 6.01. The number of rotatable bonds is 3. The van der Waals surface area contributed by atoms with Crippen molar-refractivity contribution in [3.63, 3.8) is 0 Å². The van der Waals surface area contributed by atoms with Crippen LogP contribution in [0.25, 0.3) is 11.3 Å². The van der Waals surface area contributed by atoms with Crippen LogP contribution >= 0.6 is 0 Å². The standard InChI is InChI=1S/C24H23N5O3/c1-28-20-5-3-2-4-19(20)22-17(14-21(28)30)15-25-24(27-22)26-18-8-6-16(7-9-18)23(31)29-10-12-32-13-11-29/h2-9,15H,10-14H2,1H3,(H,25,26,27). The summed E-state index contributed by atoms with van der Waals surface area (Å²) >= 11 is 0. The van der Waals surface area contributed by atoms with Crippen molar-refractivity contribution < 1.29 is 14.3 Å². The predicted octanol–water partition coefficient (Wildman–Crippen LogP) is 2.88. The van der Waals surface area contributed by atoms with Crippen LogP contribution in [0, 0.1) is 0 Å². The fourth-order valence-corrected chi connectivity index (χ4v) is 3.99. The number of nitrogens with one attached hydrogen (secondary N) is 1. The molecule has 2 aliphatic rings. The fourth-order valence-electron chi connectivity index (χ4n) is 3.99. The normalized spacial score (nSPS) is 15.6. The second kappa shape index (κ2) is 8.39. The van der Waals surface area contributed by atoms with Crippen LogP contribution in [0.5, 0.6) is 0 Å². The Morgan fingerprint density at radius 3 is 2.59 bits per heavy atom. The van der Waals surface area contributed by atoms with Crippen molar-refractivity contribution in [3.05, 3.63) is 65.9 Å². The smallest absolute Gasteiger partial charge is 0.254 e. The van der Waals surface area contributed by atoms with Crippen LogP contribution in [-0.2, 0) is 16.0 Å². The molecule has 0 saturated carbocycles. The van der Waals surface area contributed by atoms with Gasteiger partial charge in [0.25, 0.3) is 5.91 Å². The third-order valence-corrected chi connectivity index (χ3v) is 5.79. The van der Waals surface area contributed by atoms with Crippen molar-refractivity contribution in [2.24, 2.45) is 0 Å². The van der Waals surface area contributed by atoms with Crippen LogP contribution in [-0.4, -0.2) is 60.0 Å². The molecule has 0 aliphatic carbocycles. The van der Waals surface area contributed by atoms with E-state index in [4.69, 9.17) is 9.72 Å². The number of amides is 2. The van der Waals surface area contributed by atoms with E-state index in [1.807, 2.05) is 36.4 Å². The Labute approximate surface area is 185 Å². The Kier molecular flexibility index (Phi) is 5.28. The number of morpholine rings is 1. The highest BCUT2D eigenvalue weighted by atomic mass is 16.5. The van der Waals surface area contributed by atoms with E-state index in [0.29, 0.717) is 37.8 Å². The van der Waals surface area contributed by atoms with Gasteiger partial charge in [-0.2, -0.15) is 0 Å². The Hall–Kier alpha value is -3.78. The first-order valence-electron chi connectivity index (χ1n) is 10.6. The van der Waals surface area contributed by atoms with Crippen LogP contribution < -0.4 is 10.2 Å². The maximum absolute atomic E-state index is 12.6. The zero-order chi connectivity index (χ0) is 22.1. The minimum Gasteiger partial charge on any atom is -0.378 e. The fraction of sp³-hybridized carbons (Fsp3) is 0.250. The van der Waals surface area contributed by atoms with E-state index >= 15 is 0 Å². The lowest BCUT2D eigenvalue weighted by Gasteiger charge is -2.26. The summed E-state index contributed by atoms with van der Waals surface area (Å²) in [7, 11) is 1.78. The van der Waals surface area contributed by atoms with Gasteiger partial charge < -0.3 is 19.9 Å². The zero-order valence-electron chi connectivity index (χ0n) is 17.7. The highest BCUT2D eigenvalue weighted by Crippen LogP contribution is 2.35. The Balaban J connectivity index is 1.39. The topological polar surface area (TPSA) is 87.7 Å². The lowest BCUT2D eigenvalue weighted by Crippen LogP contribution is -2.40. The number of para-hydroxylation sites is 1. The second-order valence-corrected chi connectivity index (χ2v) is 7.82. The molecule has 0 unspecified atom stereocenters. The van der Waals surface area contributed by atoms with E-state index < -0.39 is 0 Å². The SMILES string of the molecule is CN1C(=O)Cc2cnc(Nc3ccc(C(=O)N4CCOCC4)cc3)nc2-c2ccccc21. The maximum atomic E-state index is 12.6. The quantitative estimate of drug-likeness (QED) is 0.689. The monoisotopic (exact) mass is 429 g/mol. The first kappa shape index (κ1) is 20.1. The van der Waals surface area contributed by atoms with Gasteiger partial charge in [-0.05, 0) is 30.3 Å². The Morgan fingerprint density at radius 1 is 1.06 bits per heavy atom. The molecule has 32 heavy (non-hydrogen) atoms. The van der Waals surface area contributed by atoms with Gasteiger partial charge in [0, 0.05) is 48.7 Å². The minimum absolute atomic E-state index is 0.000957. The van der Waals surface area contributed by atoms with E-state index in [9.17, 15) is 9.59 Å². The van der Waals surface area contributed by atoms with E-state index in [-0.39, 0.29) is 18.2 Å². The maximum Gasteiger partial charge on any atom is 0.254 e. The van der Waals surface area contributed by atoms with Gasteiger partial charge >= 0.3 is 0 Å². The molecule has 3 heterocycles. The first-order valence-corrected chi connectivity index (χ1v) is 10.6. The summed E-state index contributed by atoms with van der Waals surface area (Å²) in [4.78, 5) is 37.8. The predicted molar refractivity (Wildman–Crippen MR) is 121 cm³/mol. The summed E-state index contributed by atoms with van der Waals surface area (Å²) in [6.07, 6.45) is 1.95. The number of likely N-dealkylation sites (N-methyl/N-ethyl adjacent to an activating group) is 1. The number of anilines is 3. The van der Waals surface area contributed by atoms with Gasteiger partial charge in [0.1, 0.15) is 0 Å². The van der Waals surface area contributed by atoms with Crippen molar-refractivity contribution in [3.8, 4) is 11.3 Å². The third kappa shape index (κ3) is 3.80. The average Bonchev–Trinajstić information content (AvgIpc) is 2.94. The molecule has 1 N–H and O–H groups in total.